The standard InChI is InChI=1S/C12H19N5O2/c1-19-8-9-3-2-6-17(7-9)12-10(11(13)16-18)4-5-14-15-12/h4-5,9,18H,2-3,6-8H2,1H3,(H2,13,16). The number of nitrogens with two attached hydrogens (primary N) is 1. The Labute approximate surface area is 112 Å². The summed E-state index contributed by atoms with van der Waals surface area (Å²) in [6.07, 6.45) is 3.75. The van der Waals surface area contributed by atoms with E-state index >= 15 is 0 Å². The Morgan fingerprint density at radius 1 is 1.68 bits per heavy atom. The smallest absolute Gasteiger partial charge is 0.173 e. The molecule has 0 bridgehead atoms. The molecule has 1 aliphatic heterocycles. The number of anilines is 1. The average molecular weight is 265 g/mol. The number of ether oxygens (including phenoxy) is 1. The van der Waals surface area contributed by atoms with Crippen molar-refractivity contribution < 1.29 is 9.94 Å². The maximum Gasteiger partial charge on any atom is 0.173 e. The maximum absolute atomic E-state index is 8.82. The summed E-state index contributed by atoms with van der Waals surface area (Å²) in [5.41, 5.74) is 6.28. The minimum absolute atomic E-state index is 0.0544. The summed E-state index contributed by atoms with van der Waals surface area (Å²) in [5, 5.41) is 19.9. The van der Waals surface area contributed by atoms with E-state index in [1.165, 1.54) is 6.20 Å². The van der Waals surface area contributed by atoms with Crippen molar-refractivity contribution in [3.8, 4) is 0 Å². The number of aromatic nitrogens is 2. The van der Waals surface area contributed by atoms with Gasteiger partial charge in [0, 0.05) is 20.2 Å². The molecule has 1 fully saturated rings. The van der Waals surface area contributed by atoms with Crippen LogP contribution in [0, 0.1) is 5.92 Å². The van der Waals surface area contributed by atoms with Gasteiger partial charge in [-0.05, 0) is 24.8 Å². The number of rotatable bonds is 4. The van der Waals surface area contributed by atoms with Crippen LogP contribution in [0.5, 0.6) is 0 Å². The largest absolute Gasteiger partial charge is 0.409 e. The fourth-order valence-electron chi connectivity index (χ4n) is 2.44. The van der Waals surface area contributed by atoms with Gasteiger partial charge in [0.05, 0.1) is 18.4 Å². The van der Waals surface area contributed by atoms with Gasteiger partial charge >= 0.3 is 0 Å². The van der Waals surface area contributed by atoms with Crippen molar-refractivity contribution in [2.24, 2.45) is 16.8 Å². The van der Waals surface area contributed by atoms with Crippen LogP contribution in [0.1, 0.15) is 18.4 Å². The van der Waals surface area contributed by atoms with Crippen LogP contribution >= 0.6 is 0 Å². The van der Waals surface area contributed by atoms with Gasteiger partial charge in [-0.25, -0.2) is 0 Å². The van der Waals surface area contributed by atoms with Crippen LogP contribution in [0.4, 0.5) is 5.82 Å². The molecule has 0 aromatic carbocycles. The van der Waals surface area contributed by atoms with Gasteiger partial charge in [0.25, 0.3) is 0 Å². The van der Waals surface area contributed by atoms with Gasteiger partial charge in [0.2, 0.25) is 0 Å². The highest BCUT2D eigenvalue weighted by molar-refractivity contribution is 6.01. The summed E-state index contributed by atoms with van der Waals surface area (Å²) in [7, 11) is 1.71. The Morgan fingerprint density at radius 3 is 3.26 bits per heavy atom. The van der Waals surface area contributed by atoms with Crippen LogP contribution in [0.15, 0.2) is 17.4 Å². The Kier molecular flexibility index (Phi) is 4.51. The molecular formula is C12H19N5O2. The van der Waals surface area contributed by atoms with E-state index in [-0.39, 0.29) is 5.84 Å². The summed E-state index contributed by atoms with van der Waals surface area (Å²) in [6.45, 7) is 2.47. The number of hydrogen-bond donors (Lipinski definition) is 2. The zero-order valence-corrected chi connectivity index (χ0v) is 11.0. The number of nitrogens with zero attached hydrogens (tertiary/aromatic N) is 4. The zero-order chi connectivity index (χ0) is 13.7. The molecule has 0 spiro atoms. The topological polar surface area (TPSA) is 96.9 Å². The molecule has 1 atom stereocenters. The first-order valence-electron chi connectivity index (χ1n) is 6.29. The van der Waals surface area contributed by atoms with Gasteiger partial charge in [0.15, 0.2) is 11.7 Å². The van der Waals surface area contributed by atoms with Crippen molar-refractivity contribution in [3.63, 3.8) is 0 Å². The van der Waals surface area contributed by atoms with Crippen molar-refractivity contribution >= 4 is 11.7 Å². The molecular weight excluding hydrogens is 246 g/mol. The van der Waals surface area contributed by atoms with E-state index in [1.807, 2.05) is 0 Å². The van der Waals surface area contributed by atoms with Gasteiger partial charge in [-0.3, -0.25) is 0 Å². The SMILES string of the molecule is COCC1CCCN(c2nnccc2/C(N)=N/O)C1. The summed E-state index contributed by atoms with van der Waals surface area (Å²) in [4.78, 5) is 2.12. The van der Waals surface area contributed by atoms with Crippen molar-refractivity contribution in [3.05, 3.63) is 17.8 Å². The quantitative estimate of drug-likeness (QED) is 0.355. The molecule has 0 amide bonds. The minimum atomic E-state index is 0.0544. The molecule has 3 N–H and O–H groups in total. The number of amidine groups is 1. The number of piperidine rings is 1. The van der Waals surface area contributed by atoms with Crippen molar-refractivity contribution in [2.45, 2.75) is 12.8 Å². The molecule has 7 nitrogen and oxygen atoms in total. The van der Waals surface area contributed by atoms with E-state index < -0.39 is 0 Å². The van der Waals surface area contributed by atoms with Crippen molar-refractivity contribution in [1.29, 1.82) is 0 Å². The lowest BCUT2D eigenvalue weighted by molar-refractivity contribution is 0.143. The Balaban J connectivity index is 2.21. The fourth-order valence-corrected chi connectivity index (χ4v) is 2.44. The zero-order valence-electron chi connectivity index (χ0n) is 11.0. The Bertz CT molecular complexity index is 450. The molecule has 104 valence electrons. The molecule has 19 heavy (non-hydrogen) atoms. The van der Waals surface area contributed by atoms with Gasteiger partial charge in [-0.1, -0.05) is 5.16 Å². The highest BCUT2D eigenvalue weighted by atomic mass is 16.5. The van der Waals surface area contributed by atoms with E-state index in [2.05, 4.69) is 20.3 Å². The normalized spacial score (nSPS) is 20.6. The van der Waals surface area contributed by atoms with Crippen LogP contribution in [-0.2, 0) is 4.74 Å². The second-order valence-electron chi connectivity index (χ2n) is 4.66. The third-order valence-corrected chi connectivity index (χ3v) is 3.31. The molecule has 1 unspecified atom stereocenters. The van der Waals surface area contributed by atoms with Gasteiger partial charge in [-0.2, -0.15) is 5.10 Å². The molecule has 2 heterocycles. The first-order valence-corrected chi connectivity index (χ1v) is 6.29. The Hall–Kier alpha value is -1.89. The van der Waals surface area contributed by atoms with Gasteiger partial charge < -0.3 is 20.6 Å². The molecule has 0 saturated carbocycles. The second kappa shape index (κ2) is 6.33. The predicted octanol–water partition coefficient (Wildman–Crippen LogP) is 0.434. The summed E-state index contributed by atoms with van der Waals surface area (Å²) in [5.74, 6) is 1.19. The molecule has 1 aliphatic rings. The number of hydrogen-bond acceptors (Lipinski definition) is 6. The van der Waals surface area contributed by atoms with Crippen LogP contribution < -0.4 is 10.6 Å². The van der Waals surface area contributed by atoms with Crippen LogP contribution in [0.2, 0.25) is 0 Å². The van der Waals surface area contributed by atoms with Crippen LogP contribution in [0.25, 0.3) is 0 Å². The van der Waals surface area contributed by atoms with Crippen LogP contribution in [0.3, 0.4) is 0 Å². The molecule has 7 heteroatoms. The third kappa shape index (κ3) is 3.11. The van der Waals surface area contributed by atoms with Crippen molar-refractivity contribution in [2.75, 3.05) is 31.7 Å². The average Bonchev–Trinajstić information content (AvgIpc) is 2.47. The predicted molar refractivity (Wildman–Crippen MR) is 71.4 cm³/mol. The summed E-state index contributed by atoms with van der Waals surface area (Å²) >= 11 is 0. The number of oxime groups is 1. The Morgan fingerprint density at radius 2 is 2.53 bits per heavy atom. The van der Waals surface area contributed by atoms with E-state index in [9.17, 15) is 0 Å². The van der Waals surface area contributed by atoms with Crippen molar-refractivity contribution in [1.82, 2.24) is 10.2 Å². The van der Waals surface area contributed by atoms with E-state index in [0.29, 0.717) is 17.3 Å². The van der Waals surface area contributed by atoms with Crippen LogP contribution in [-0.4, -0.2) is 48.0 Å². The maximum atomic E-state index is 8.82. The monoisotopic (exact) mass is 265 g/mol. The molecule has 1 aromatic heterocycles. The van der Waals surface area contributed by atoms with E-state index in [1.54, 1.807) is 13.2 Å². The molecule has 0 aliphatic carbocycles. The number of methoxy groups -OCH3 is 1. The lowest BCUT2D eigenvalue weighted by Crippen LogP contribution is -2.39. The minimum Gasteiger partial charge on any atom is -0.409 e. The first kappa shape index (κ1) is 13.5. The molecule has 0 radical (unpaired) electrons. The van der Waals surface area contributed by atoms with E-state index in [4.69, 9.17) is 15.7 Å². The first-order chi connectivity index (χ1) is 9.26. The summed E-state index contributed by atoms with van der Waals surface area (Å²) in [6, 6.07) is 1.71. The van der Waals surface area contributed by atoms with Gasteiger partial charge in [-0.15, -0.1) is 5.10 Å². The summed E-state index contributed by atoms with van der Waals surface area (Å²) < 4.78 is 5.21. The molecule has 2 rings (SSSR count). The lowest BCUT2D eigenvalue weighted by Gasteiger charge is -2.33. The fraction of sp³-hybridized carbons (Fsp3) is 0.583. The second-order valence-corrected chi connectivity index (χ2v) is 4.66. The molecule has 1 aromatic rings. The lowest BCUT2D eigenvalue weighted by atomic mass is 9.98. The highest BCUT2D eigenvalue weighted by Crippen LogP contribution is 2.24. The third-order valence-electron chi connectivity index (χ3n) is 3.31. The van der Waals surface area contributed by atoms with Gasteiger partial charge in [0.1, 0.15) is 0 Å². The highest BCUT2D eigenvalue weighted by Gasteiger charge is 2.23. The molecule has 1 saturated heterocycles. The van der Waals surface area contributed by atoms with E-state index in [0.717, 1.165) is 32.5 Å².